The number of nitrogens with zero attached hydrogens (tertiary/aromatic N) is 3. The van der Waals surface area contributed by atoms with E-state index in [1.54, 1.807) is 7.11 Å². The molecule has 1 heterocycles. The van der Waals surface area contributed by atoms with Gasteiger partial charge in [0.05, 0.1) is 13.7 Å². The molecule has 1 aliphatic heterocycles. The van der Waals surface area contributed by atoms with Gasteiger partial charge in [0.25, 0.3) is 0 Å². The molecule has 0 radical (unpaired) electrons. The summed E-state index contributed by atoms with van der Waals surface area (Å²) in [6, 6.07) is 8.18. The molecule has 0 bridgehead atoms. The number of ether oxygens (including phenoxy) is 2. The van der Waals surface area contributed by atoms with E-state index < -0.39 is 0 Å². The summed E-state index contributed by atoms with van der Waals surface area (Å²) in [5.74, 6) is 1.66. The van der Waals surface area contributed by atoms with E-state index in [1.807, 2.05) is 19.1 Å². The molecule has 0 aliphatic carbocycles. The van der Waals surface area contributed by atoms with Gasteiger partial charge in [-0.2, -0.15) is 0 Å². The SMILES string of the molecule is CCNC(=NCCCC(=O)OCC)N1CCN(c2cccc(OC)c2)CC1.I. The van der Waals surface area contributed by atoms with Crippen molar-refractivity contribution in [1.29, 1.82) is 0 Å². The van der Waals surface area contributed by atoms with Crippen LogP contribution in [0.2, 0.25) is 0 Å². The lowest BCUT2D eigenvalue weighted by Gasteiger charge is -2.37. The molecule has 8 heteroatoms. The number of piperazine rings is 1. The van der Waals surface area contributed by atoms with Gasteiger partial charge in [0.1, 0.15) is 5.75 Å². The summed E-state index contributed by atoms with van der Waals surface area (Å²) in [6.45, 7) is 9.44. The molecule has 0 aromatic heterocycles. The van der Waals surface area contributed by atoms with E-state index in [9.17, 15) is 4.79 Å². The number of aliphatic imine (C=N–C) groups is 1. The molecule has 1 fully saturated rings. The Bertz CT molecular complexity index is 619. The summed E-state index contributed by atoms with van der Waals surface area (Å²) < 4.78 is 10.3. The minimum Gasteiger partial charge on any atom is -0.497 e. The van der Waals surface area contributed by atoms with Gasteiger partial charge < -0.3 is 24.6 Å². The van der Waals surface area contributed by atoms with Gasteiger partial charge in [-0.05, 0) is 32.4 Å². The van der Waals surface area contributed by atoms with Crippen molar-refractivity contribution in [2.45, 2.75) is 26.7 Å². The van der Waals surface area contributed by atoms with Crippen molar-refractivity contribution < 1.29 is 14.3 Å². The zero-order valence-electron chi connectivity index (χ0n) is 17.1. The highest BCUT2D eigenvalue weighted by molar-refractivity contribution is 14.0. The Labute approximate surface area is 185 Å². The first-order chi connectivity index (χ1) is 13.2. The van der Waals surface area contributed by atoms with Gasteiger partial charge in [0, 0.05) is 57.4 Å². The van der Waals surface area contributed by atoms with Crippen LogP contribution in [0.3, 0.4) is 0 Å². The van der Waals surface area contributed by atoms with Crippen molar-refractivity contribution in [1.82, 2.24) is 10.2 Å². The van der Waals surface area contributed by atoms with Crippen molar-refractivity contribution in [2.24, 2.45) is 4.99 Å². The first-order valence-electron chi connectivity index (χ1n) is 9.75. The number of guanidine groups is 1. The number of hydrogen-bond donors (Lipinski definition) is 1. The Morgan fingerprint density at radius 2 is 1.96 bits per heavy atom. The van der Waals surface area contributed by atoms with Gasteiger partial charge >= 0.3 is 5.97 Å². The summed E-state index contributed by atoms with van der Waals surface area (Å²) in [5, 5.41) is 3.36. The minimum absolute atomic E-state index is 0. The lowest BCUT2D eigenvalue weighted by atomic mass is 10.2. The highest BCUT2D eigenvalue weighted by Crippen LogP contribution is 2.22. The number of methoxy groups -OCH3 is 1. The number of hydrogen-bond acceptors (Lipinski definition) is 5. The van der Waals surface area contributed by atoms with Gasteiger partial charge in [-0.1, -0.05) is 6.07 Å². The average Bonchev–Trinajstić information content (AvgIpc) is 2.71. The second-order valence-electron chi connectivity index (χ2n) is 6.32. The molecule has 1 aromatic carbocycles. The summed E-state index contributed by atoms with van der Waals surface area (Å²) in [5.41, 5.74) is 1.19. The standard InChI is InChI=1S/C20H32N4O3.HI/c1-4-21-20(22-11-7-10-19(25)27-5-2)24-14-12-23(13-15-24)17-8-6-9-18(16-17)26-3;/h6,8-9,16H,4-5,7,10-15H2,1-3H3,(H,21,22);1H. The Morgan fingerprint density at radius 1 is 1.21 bits per heavy atom. The number of nitrogens with one attached hydrogen (secondary N) is 1. The number of rotatable bonds is 8. The highest BCUT2D eigenvalue weighted by atomic mass is 127. The number of esters is 1. The van der Waals surface area contributed by atoms with Gasteiger partial charge in [0.15, 0.2) is 5.96 Å². The van der Waals surface area contributed by atoms with Crippen molar-refractivity contribution >= 4 is 41.6 Å². The fourth-order valence-electron chi connectivity index (χ4n) is 3.05. The first kappa shape index (κ1) is 24.3. The number of carbonyl (C=O) groups is 1. The molecule has 1 aromatic rings. The van der Waals surface area contributed by atoms with Gasteiger partial charge in [0.2, 0.25) is 0 Å². The van der Waals surface area contributed by atoms with Crippen LogP contribution in [0.4, 0.5) is 5.69 Å². The maximum absolute atomic E-state index is 11.4. The lowest BCUT2D eigenvalue weighted by Crippen LogP contribution is -2.52. The quantitative estimate of drug-likeness (QED) is 0.193. The van der Waals surface area contributed by atoms with Crippen LogP contribution in [0.15, 0.2) is 29.3 Å². The zero-order chi connectivity index (χ0) is 19.5. The largest absolute Gasteiger partial charge is 0.497 e. The molecule has 2 rings (SSSR count). The molecular formula is C20H33IN4O3. The van der Waals surface area contributed by atoms with E-state index in [-0.39, 0.29) is 29.9 Å². The van der Waals surface area contributed by atoms with Crippen LogP contribution in [0.1, 0.15) is 26.7 Å². The summed E-state index contributed by atoms with van der Waals surface area (Å²) in [6.07, 6.45) is 1.12. The predicted molar refractivity (Wildman–Crippen MR) is 124 cm³/mol. The first-order valence-corrected chi connectivity index (χ1v) is 9.75. The van der Waals surface area contributed by atoms with E-state index in [1.165, 1.54) is 5.69 Å². The second-order valence-corrected chi connectivity index (χ2v) is 6.32. The zero-order valence-corrected chi connectivity index (χ0v) is 19.5. The maximum atomic E-state index is 11.4. The van der Waals surface area contributed by atoms with E-state index in [2.05, 4.69) is 39.2 Å². The summed E-state index contributed by atoms with van der Waals surface area (Å²) in [4.78, 5) is 20.7. The van der Waals surface area contributed by atoms with Crippen LogP contribution in [-0.2, 0) is 9.53 Å². The third-order valence-corrected chi connectivity index (χ3v) is 4.44. The van der Waals surface area contributed by atoms with E-state index in [0.29, 0.717) is 26.0 Å². The molecule has 7 nitrogen and oxygen atoms in total. The third kappa shape index (κ3) is 7.73. The topological polar surface area (TPSA) is 66.4 Å². The molecule has 0 atom stereocenters. The Kier molecular flexibility index (Phi) is 11.7. The monoisotopic (exact) mass is 504 g/mol. The molecule has 158 valence electrons. The molecule has 1 saturated heterocycles. The molecule has 1 N–H and O–H groups in total. The third-order valence-electron chi connectivity index (χ3n) is 4.44. The van der Waals surface area contributed by atoms with Crippen molar-refractivity contribution in [3.8, 4) is 5.75 Å². The van der Waals surface area contributed by atoms with Crippen LogP contribution >= 0.6 is 24.0 Å². The number of benzene rings is 1. The van der Waals surface area contributed by atoms with Crippen LogP contribution in [0.25, 0.3) is 0 Å². The molecule has 0 saturated carbocycles. The number of carbonyl (C=O) groups excluding carboxylic acids is 1. The van der Waals surface area contributed by atoms with E-state index >= 15 is 0 Å². The maximum Gasteiger partial charge on any atom is 0.305 e. The van der Waals surface area contributed by atoms with Crippen molar-refractivity contribution in [3.05, 3.63) is 24.3 Å². The van der Waals surface area contributed by atoms with E-state index in [4.69, 9.17) is 9.47 Å². The minimum atomic E-state index is -0.149. The van der Waals surface area contributed by atoms with Gasteiger partial charge in [-0.15, -0.1) is 24.0 Å². The molecule has 0 amide bonds. The molecular weight excluding hydrogens is 471 g/mol. The molecule has 0 spiro atoms. The average molecular weight is 504 g/mol. The van der Waals surface area contributed by atoms with Crippen LogP contribution in [0, 0.1) is 0 Å². The highest BCUT2D eigenvalue weighted by Gasteiger charge is 2.20. The number of anilines is 1. The second kappa shape index (κ2) is 13.5. The molecule has 0 unspecified atom stereocenters. The van der Waals surface area contributed by atoms with Crippen LogP contribution in [-0.4, -0.2) is 69.8 Å². The normalized spacial score (nSPS) is 14.3. The number of halogens is 1. The lowest BCUT2D eigenvalue weighted by molar-refractivity contribution is -0.143. The Balaban J connectivity index is 0.00000392. The fraction of sp³-hybridized carbons (Fsp3) is 0.600. The summed E-state index contributed by atoms with van der Waals surface area (Å²) in [7, 11) is 1.69. The van der Waals surface area contributed by atoms with Gasteiger partial charge in [-0.3, -0.25) is 9.79 Å². The van der Waals surface area contributed by atoms with Crippen LogP contribution in [0.5, 0.6) is 5.75 Å². The van der Waals surface area contributed by atoms with Gasteiger partial charge in [-0.25, -0.2) is 0 Å². The smallest absolute Gasteiger partial charge is 0.305 e. The predicted octanol–water partition coefficient (Wildman–Crippen LogP) is 2.74. The summed E-state index contributed by atoms with van der Waals surface area (Å²) >= 11 is 0. The van der Waals surface area contributed by atoms with E-state index in [0.717, 1.165) is 44.4 Å². The Morgan fingerprint density at radius 3 is 2.61 bits per heavy atom. The van der Waals surface area contributed by atoms with Crippen molar-refractivity contribution in [2.75, 3.05) is 57.9 Å². The fourth-order valence-corrected chi connectivity index (χ4v) is 3.05. The van der Waals surface area contributed by atoms with Crippen LogP contribution < -0.4 is 15.0 Å². The van der Waals surface area contributed by atoms with Crippen molar-refractivity contribution in [3.63, 3.8) is 0 Å². The molecule has 1 aliphatic rings. The molecule has 28 heavy (non-hydrogen) atoms. The Hall–Kier alpha value is -1.71.